The number of ether oxygens (including phenoxy) is 1. The number of likely N-dealkylation sites (tertiary alicyclic amines) is 1. The number of carbonyl (C=O) groups excluding carboxylic acids is 2. The zero-order valence-corrected chi connectivity index (χ0v) is 15.2. The number of amides is 2. The van der Waals surface area contributed by atoms with Crippen molar-refractivity contribution < 1.29 is 14.3 Å². The first-order valence-corrected chi connectivity index (χ1v) is 9.10. The fourth-order valence-corrected chi connectivity index (χ4v) is 4.16. The number of para-hydroxylation sites is 2. The Bertz CT molecular complexity index is 895. The van der Waals surface area contributed by atoms with E-state index in [0.29, 0.717) is 18.7 Å². The topological polar surface area (TPSA) is 58.6 Å². The van der Waals surface area contributed by atoms with Gasteiger partial charge >= 0.3 is 0 Å². The smallest absolute Gasteiger partial charge is 0.239 e. The average Bonchev–Trinajstić information content (AvgIpc) is 2.66. The Kier molecular flexibility index (Phi) is 4.22. The van der Waals surface area contributed by atoms with Gasteiger partial charge in [0.05, 0.1) is 0 Å². The maximum absolute atomic E-state index is 13.3. The molecule has 1 N–H and O–H groups in total. The molecule has 2 aliphatic rings. The summed E-state index contributed by atoms with van der Waals surface area (Å²) < 4.78 is 6.20. The van der Waals surface area contributed by atoms with Gasteiger partial charge in [0.25, 0.3) is 0 Å². The van der Waals surface area contributed by atoms with Gasteiger partial charge in [-0.05, 0) is 30.7 Å². The van der Waals surface area contributed by atoms with Crippen molar-refractivity contribution >= 4 is 17.5 Å². The summed E-state index contributed by atoms with van der Waals surface area (Å²) in [4.78, 5) is 28.1. The predicted octanol–water partition coefficient (Wildman–Crippen LogP) is 3.55. The minimum absolute atomic E-state index is 0.225. The molecule has 0 unspecified atom stereocenters. The van der Waals surface area contributed by atoms with Crippen LogP contribution < -0.4 is 10.1 Å². The third kappa shape index (κ3) is 2.89. The number of hydrogen-bond acceptors (Lipinski definition) is 3. The Balaban J connectivity index is 1.75. The Labute approximate surface area is 158 Å². The lowest BCUT2D eigenvalue weighted by Gasteiger charge is -2.52. The summed E-state index contributed by atoms with van der Waals surface area (Å²) in [7, 11) is 0. The molecule has 4 rings (SSSR count). The largest absolute Gasteiger partial charge is 0.468 e. The number of carbonyl (C=O) groups is 2. The number of nitrogens with one attached hydrogen (secondary N) is 1. The van der Waals surface area contributed by atoms with Crippen LogP contribution in [0.5, 0.6) is 5.75 Å². The minimum Gasteiger partial charge on any atom is -0.468 e. The van der Waals surface area contributed by atoms with Gasteiger partial charge < -0.3 is 15.0 Å². The number of piperidine rings is 1. The molecular formula is C22H22N2O3. The van der Waals surface area contributed by atoms with Crippen LogP contribution in [0.4, 0.5) is 5.69 Å². The van der Waals surface area contributed by atoms with Gasteiger partial charge in [-0.25, -0.2) is 0 Å². The van der Waals surface area contributed by atoms with Crippen LogP contribution in [0.25, 0.3) is 0 Å². The standard InChI is InChI=1S/C22H22N2O3/c1-3-13-24-21(26)19(20(25)23-15-9-5-4-6-10-15)17-14-22(24,2)27-18-12-8-7-11-16(17)18/h3-12,17,19H,1,13-14H2,2H3,(H,23,25)/t17-,19-,22-/m0/s1. The van der Waals surface area contributed by atoms with Gasteiger partial charge in [-0.15, -0.1) is 6.58 Å². The van der Waals surface area contributed by atoms with Crippen LogP contribution in [0, 0.1) is 5.92 Å². The van der Waals surface area contributed by atoms with E-state index in [1.807, 2.05) is 61.5 Å². The second kappa shape index (κ2) is 6.58. The summed E-state index contributed by atoms with van der Waals surface area (Å²) in [6.45, 7) is 6.00. The zero-order valence-electron chi connectivity index (χ0n) is 15.2. The lowest BCUT2D eigenvalue weighted by molar-refractivity contribution is -0.173. The first-order valence-electron chi connectivity index (χ1n) is 9.10. The Morgan fingerprint density at radius 1 is 1.26 bits per heavy atom. The summed E-state index contributed by atoms with van der Waals surface area (Å²) in [6, 6.07) is 16.9. The third-order valence-electron chi connectivity index (χ3n) is 5.39. The summed E-state index contributed by atoms with van der Waals surface area (Å²) in [5.41, 5.74) is 0.808. The first-order chi connectivity index (χ1) is 13.0. The van der Waals surface area contributed by atoms with Crippen LogP contribution in [-0.2, 0) is 9.59 Å². The first kappa shape index (κ1) is 17.3. The van der Waals surface area contributed by atoms with Gasteiger partial charge in [0, 0.05) is 24.6 Å². The summed E-state index contributed by atoms with van der Waals surface area (Å²) >= 11 is 0. The normalized spacial score (nSPS) is 26.0. The molecule has 0 saturated carbocycles. The molecule has 0 aromatic heterocycles. The maximum Gasteiger partial charge on any atom is 0.239 e. The number of hydrogen-bond donors (Lipinski definition) is 1. The van der Waals surface area contributed by atoms with E-state index >= 15 is 0 Å². The van der Waals surface area contributed by atoms with Crippen LogP contribution in [0.2, 0.25) is 0 Å². The van der Waals surface area contributed by atoms with E-state index in [-0.39, 0.29) is 17.7 Å². The molecule has 2 heterocycles. The summed E-state index contributed by atoms with van der Waals surface area (Å²) in [5.74, 6) is -0.809. The van der Waals surface area contributed by atoms with Crippen molar-refractivity contribution in [3.05, 3.63) is 72.8 Å². The zero-order chi connectivity index (χ0) is 19.0. The lowest BCUT2D eigenvalue weighted by Crippen LogP contribution is -2.64. The number of benzene rings is 2. The van der Waals surface area contributed by atoms with Crippen LogP contribution in [0.1, 0.15) is 24.8 Å². The monoisotopic (exact) mass is 362 g/mol. The molecule has 2 bridgehead atoms. The number of nitrogens with zero attached hydrogens (tertiary/aromatic N) is 1. The van der Waals surface area contributed by atoms with Crippen molar-refractivity contribution in [3.63, 3.8) is 0 Å². The van der Waals surface area contributed by atoms with Crippen molar-refractivity contribution in [1.82, 2.24) is 4.90 Å². The summed E-state index contributed by atoms with van der Waals surface area (Å²) in [5, 5.41) is 2.90. The fraction of sp³-hybridized carbons (Fsp3) is 0.273. The molecular weight excluding hydrogens is 340 g/mol. The number of fused-ring (bicyclic) bond motifs is 4. The van der Waals surface area contributed by atoms with Crippen molar-refractivity contribution in [1.29, 1.82) is 0 Å². The SMILES string of the molecule is C=CCN1C(=O)[C@H](C(=O)Nc2ccccc2)[C@H]2C[C@]1(C)Oc1ccccc12. The third-order valence-corrected chi connectivity index (χ3v) is 5.39. The highest BCUT2D eigenvalue weighted by Gasteiger charge is 2.55. The van der Waals surface area contributed by atoms with Crippen molar-refractivity contribution in [2.24, 2.45) is 5.92 Å². The highest BCUT2D eigenvalue weighted by Crippen LogP contribution is 2.50. The molecule has 138 valence electrons. The Morgan fingerprint density at radius 3 is 2.70 bits per heavy atom. The highest BCUT2D eigenvalue weighted by atomic mass is 16.5. The van der Waals surface area contributed by atoms with Gasteiger partial charge in [-0.2, -0.15) is 0 Å². The van der Waals surface area contributed by atoms with Gasteiger partial charge in [0.15, 0.2) is 5.72 Å². The molecule has 0 radical (unpaired) electrons. The van der Waals surface area contributed by atoms with Crippen LogP contribution in [0.3, 0.4) is 0 Å². The van der Waals surface area contributed by atoms with E-state index in [1.165, 1.54) is 0 Å². The van der Waals surface area contributed by atoms with E-state index in [0.717, 1.165) is 11.3 Å². The van der Waals surface area contributed by atoms with E-state index in [2.05, 4.69) is 11.9 Å². The molecule has 1 fully saturated rings. The van der Waals surface area contributed by atoms with E-state index in [4.69, 9.17) is 4.74 Å². The van der Waals surface area contributed by atoms with Crippen LogP contribution in [0.15, 0.2) is 67.3 Å². The molecule has 0 spiro atoms. The fourth-order valence-electron chi connectivity index (χ4n) is 4.16. The predicted molar refractivity (Wildman–Crippen MR) is 103 cm³/mol. The molecule has 2 aromatic carbocycles. The number of rotatable bonds is 4. The Morgan fingerprint density at radius 2 is 1.96 bits per heavy atom. The molecule has 2 aromatic rings. The van der Waals surface area contributed by atoms with E-state index < -0.39 is 11.6 Å². The number of anilines is 1. The molecule has 1 saturated heterocycles. The minimum atomic E-state index is -0.803. The van der Waals surface area contributed by atoms with Crippen LogP contribution >= 0.6 is 0 Å². The molecule has 2 aliphatic heterocycles. The van der Waals surface area contributed by atoms with Crippen molar-refractivity contribution in [2.45, 2.75) is 25.0 Å². The average molecular weight is 362 g/mol. The van der Waals surface area contributed by atoms with E-state index in [9.17, 15) is 9.59 Å². The molecule has 5 heteroatoms. The quantitative estimate of drug-likeness (QED) is 0.668. The second-order valence-corrected chi connectivity index (χ2v) is 7.20. The van der Waals surface area contributed by atoms with Gasteiger partial charge in [-0.1, -0.05) is 42.5 Å². The highest BCUT2D eigenvalue weighted by molar-refractivity contribution is 6.08. The maximum atomic E-state index is 13.3. The van der Waals surface area contributed by atoms with Crippen molar-refractivity contribution in [3.8, 4) is 5.75 Å². The van der Waals surface area contributed by atoms with Gasteiger partial charge in [-0.3, -0.25) is 9.59 Å². The summed E-state index contributed by atoms with van der Waals surface area (Å²) in [6.07, 6.45) is 2.23. The van der Waals surface area contributed by atoms with Gasteiger partial charge in [0.1, 0.15) is 11.7 Å². The molecule has 27 heavy (non-hydrogen) atoms. The lowest BCUT2D eigenvalue weighted by atomic mass is 9.73. The molecule has 0 aliphatic carbocycles. The Hall–Kier alpha value is -3.08. The van der Waals surface area contributed by atoms with Crippen LogP contribution in [-0.4, -0.2) is 29.0 Å². The second-order valence-electron chi connectivity index (χ2n) is 7.20. The molecule has 3 atom stereocenters. The van der Waals surface area contributed by atoms with E-state index in [1.54, 1.807) is 11.0 Å². The molecule has 5 nitrogen and oxygen atoms in total. The van der Waals surface area contributed by atoms with Crippen molar-refractivity contribution in [2.75, 3.05) is 11.9 Å². The molecule has 2 amide bonds. The van der Waals surface area contributed by atoms with Gasteiger partial charge in [0.2, 0.25) is 11.8 Å².